The molecule has 2 heterocycles. The second kappa shape index (κ2) is 7.31. The van der Waals surface area contributed by atoms with Crippen molar-refractivity contribution in [2.45, 2.75) is 40.2 Å². The van der Waals surface area contributed by atoms with Gasteiger partial charge in [-0.3, -0.25) is 14.7 Å². The van der Waals surface area contributed by atoms with E-state index in [4.69, 9.17) is 4.98 Å². The van der Waals surface area contributed by atoms with Gasteiger partial charge in [-0.1, -0.05) is 39.0 Å². The highest BCUT2D eigenvalue weighted by molar-refractivity contribution is 6.07. The topological polar surface area (TPSA) is 45.2 Å². The average molecular weight is 325 g/mol. The number of rotatable bonds is 5. The van der Waals surface area contributed by atoms with E-state index in [1.54, 1.807) is 0 Å². The van der Waals surface area contributed by atoms with Crippen molar-refractivity contribution in [2.24, 2.45) is 5.92 Å². The molecule has 0 aliphatic carbocycles. The van der Waals surface area contributed by atoms with Gasteiger partial charge in [0.1, 0.15) is 0 Å². The Kier molecular flexibility index (Phi) is 5.14. The Morgan fingerprint density at radius 3 is 2.88 bits per heavy atom. The summed E-state index contributed by atoms with van der Waals surface area (Å²) in [4.78, 5) is 20.2. The lowest BCUT2D eigenvalue weighted by Gasteiger charge is -2.29. The summed E-state index contributed by atoms with van der Waals surface area (Å²) < 4.78 is 0. The second-order valence-electron chi connectivity index (χ2n) is 6.99. The number of carbonyl (C=O) groups is 1. The fourth-order valence-electron chi connectivity index (χ4n) is 3.34. The number of likely N-dealkylation sites (N-methyl/N-ethyl adjacent to an activating group) is 1. The van der Waals surface area contributed by atoms with Gasteiger partial charge in [-0.25, -0.2) is 0 Å². The van der Waals surface area contributed by atoms with Gasteiger partial charge in [-0.2, -0.15) is 0 Å². The number of amides is 1. The second-order valence-corrected chi connectivity index (χ2v) is 6.99. The van der Waals surface area contributed by atoms with Crippen LogP contribution >= 0.6 is 0 Å². The van der Waals surface area contributed by atoms with Crippen LogP contribution in [-0.4, -0.2) is 35.4 Å². The Morgan fingerprint density at radius 2 is 2.12 bits per heavy atom. The third kappa shape index (κ3) is 3.44. The molecule has 4 heteroatoms. The summed E-state index contributed by atoms with van der Waals surface area (Å²) in [5, 5.41) is 4.09. The van der Waals surface area contributed by atoms with Crippen LogP contribution < -0.4 is 5.32 Å². The summed E-state index contributed by atoms with van der Waals surface area (Å²) in [7, 11) is 0. The van der Waals surface area contributed by atoms with Crippen LogP contribution in [0.1, 0.15) is 48.8 Å². The van der Waals surface area contributed by atoms with Crippen molar-refractivity contribution in [3.63, 3.8) is 0 Å². The summed E-state index contributed by atoms with van der Waals surface area (Å²) in [5.74, 6) is 0.632. The maximum absolute atomic E-state index is 12.9. The summed E-state index contributed by atoms with van der Waals surface area (Å²) >= 11 is 0. The molecular formula is C20H27N3O. The average Bonchev–Trinajstić information content (AvgIpc) is 2.58. The van der Waals surface area contributed by atoms with E-state index in [1.807, 2.05) is 24.3 Å². The van der Waals surface area contributed by atoms with E-state index in [9.17, 15) is 4.79 Å². The van der Waals surface area contributed by atoms with Gasteiger partial charge < -0.3 is 5.32 Å². The predicted molar refractivity (Wildman–Crippen MR) is 98.2 cm³/mol. The molecule has 2 aromatic rings. The summed E-state index contributed by atoms with van der Waals surface area (Å²) in [6.45, 7) is 10.1. The van der Waals surface area contributed by atoms with Gasteiger partial charge in [0.05, 0.1) is 11.1 Å². The first-order valence-electron chi connectivity index (χ1n) is 9.01. The van der Waals surface area contributed by atoms with Crippen LogP contribution in [0.2, 0.25) is 0 Å². The highest BCUT2D eigenvalue weighted by Crippen LogP contribution is 2.28. The molecule has 0 atom stereocenters. The number of aromatic nitrogens is 1. The number of hydrogen-bond acceptors (Lipinski definition) is 3. The molecule has 128 valence electrons. The van der Waals surface area contributed by atoms with Gasteiger partial charge in [0.25, 0.3) is 5.91 Å². The quantitative estimate of drug-likeness (QED) is 0.916. The smallest absolute Gasteiger partial charge is 0.252 e. The zero-order valence-corrected chi connectivity index (χ0v) is 14.9. The first-order chi connectivity index (χ1) is 11.6. The summed E-state index contributed by atoms with van der Waals surface area (Å²) in [6.07, 6.45) is 1.91. The lowest BCUT2D eigenvalue weighted by molar-refractivity contribution is 0.0950. The monoisotopic (exact) mass is 325 g/mol. The third-order valence-electron chi connectivity index (χ3n) is 4.81. The molecule has 0 bridgehead atoms. The molecule has 1 amide bonds. The molecule has 3 rings (SSSR count). The number of carbonyl (C=O) groups excluding carboxylic acids is 1. The van der Waals surface area contributed by atoms with Crippen LogP contribution in [0.5, 0.6) is 0 Å². The van der Waals surface area contributed by atoms with E-state index in [2.05, 4.69) is 31.0 Å². The van der Waals surface area contributed by atoms with Crippen molar-refractivity contribution in [3.05, 3.63) is 41.1 Å². The van der Waals surface area contributed by atoms with Crippen molar-refractivity contribution in [2.75, 3.05) is 19.6 Å². The molecule has 1 N–H and O–H groups in total. The van der Waals surface area contributed by atoms with E-state index < -0.39 is 0 Å². The molecule has 1 aromatic carbocycles. The first-order valence-corrected chi connectivity index (χ1v) is 9.01. The van der Waals surface area contributed by atoms with E-state index in [0.717, 1.165) is 66.7 Å². The molecule has 1 aliphatic heterocycles. The van der Waals surface area contributed by atoms with Gasteiger partial charge in [0.15, 0.2) is 0 Å². The Balaban J connectivity index is 2.01. The Morgan fingerprint density at radius 1 is 1.33 bits per heavy atom. The van der Waals surface area contributed by atoms with E-state index in [0.29, 0.717) is 5.92 Å². The minimum atomic E-state index is 0.0449. The molecular weight excluding hydrogens is 298 g/mol. The van der Waals surface area contributed by atoms with Gasteiger partial charge in [-0.05, 0) is 24.9 Å². The fourth-order valence-corrected chi connectivity index (χ4v) is 3.34. The number of benzene rings is 1. The maximum atomic E-state index is 12.9. The minimum absolute atomic E-state index is 0.0449. The van der Waals surface area contributed by atoms with Crippen LogP contribution in [0.3, 0.4) is 0 Å². The first kappa shape index (κ1) is 16.9. The van der Waals surface area contributed by atoms with Crippen molar-refractivity contribution < 1.29 is 4.79 Å². The zero-order valence-electron chi connectivity index (χ0n) is 14.9. The number of nitrogens with zero attached hydrogens (tertiary/aromatic N) is 2. The lowest BCUT2D eigenvalue weighted by atomic mass is 9.95. The Labute approximate surface area is 144 Å². The molecule has 1 aromatic heterocycles. The summed E-state index contributed by atoms with van der Waals surface area (Å²) in [5.41, 5.74) is 3.96. The van der Waals surface area contributed by atoms with Crippen molar-refractivity contribution in [3.8, 4) is 0 Å². The highest BCUT2D eigenvalue weighted by Gasteiger charge is 2.25. The number of hydrogen-bond donors (Lipinski definition) is 1. The molecule has 1 aliphatic rings. The van der Waals surface area contributed by atoms with Crippen LogP contribution in [0, 0.1) is 5.92 Å². The van der Waals surface area contributed by atoms with Crippen molar-refractivity contribution >= 4 is 16.8 Å². The number of fused-ring (bicyclic) bond motifs is 2. The number of pyridine rings is 1. The molecule has 0 saturated carbocycles. The van der Waals surface area contributed by atoms with Crippen LogP contribution in [0.4, 0.5) is 0 Å². The van der Waals surface area contributed by atoms with Gasteiger partial charge in [0, 0.05) is 42.7 Å². The molecule has 0 radical (unpaired) electrons. The largest absolute Gasteiger partial charge is 0.352 e. The van der Waals surface area contributed by atoms with Crippen LogP contribution in [-0.2, 0) is 13.0 Å². The standard InChI is InChI=1S/C20H27N3O/c1-4-23-12-10-18-16(13-23)19(20(24)21-11-9-14(2)3)15-7-5-6-8-17(15)22-18/h5-8,14H,4,9-13H2,1-3H3,(H,21,24). The fraction of sp³-hybridized carbons (Fsp3) is 0.500. The molecule has 0 spiro atoms. The van der Waals surface area contributed by atoms with Gasteiger partial charge >= 0.3 is 0 Å². The number of nitrogens with one attached hydrogen (secondary N) is 1. The van der Waals surface area contributed by atoms with E-state index in [1.165, 1.54) is 0 Å². The van der Waals surface area contributed by atoms with Crippen LogP contribution in [0.25, 0.3) is 10.9 Å². The van der Waals surface area contributed by atoms with Crippen LogP contribution in [0.15, 0.2) is 24.3 Å². The normalized spacial score (nSPS) is 14.8. The lowest BCUT2D eigenvalue weighted by Crippen LogP contribution is -2.34. The number of para-hydroxylation sites is 1. The van der Waals surface area contributed by atoms with E-state index in [-0.39, 0.29) is 5.91 Å². The molecule has 4 nitrogen and oxygen atoms in total. The van der Waals surface area contributed by atoms with Gasteiger partial charge in [-0.15, -0.1) is 0 Å². The SMILES string of the molecule is CCN1CCc2nc3ccccc3c(C(=O)NCCC(C)C)c2C1. The highest BCUT2D eigenvalue weighted by atomic mass is 16.1. The van der Waals surface area contributed by atoms with Crippen molar-refractivity contribution in [1.82, 2.24) is 15.2 Å². The Hall–Kier alpha value is -1.94. The maximum Gasteiger partial charge on any atom is 0.252 e. The zero-order chi connectivity index (χ0) is 17.1. The Bertz CT molecular complexity index is 739. The summed E-state index contributed by atoms with van der Waals surface area (Å²) in [6, 6.07) is 8.00. The van der Waals surface area contributed by atoms with Crippen molar-refractivity contribution in [1.29, 1.82) is 0 Å². The molecule has 0 unspecified atom stereocenters. The molecule has 0 saturated heterocycles. The van der Waals surface area contributed by atoms with Gasteiger partial charge in [0.2, 0.25) is 0 Å². The van der Waals surface area contributed by atoms with E-state index >= 15 is 0 Å². The molecule has 24 heavy (non-hydrogen) atoms. The predicted octanol–water partition coefficient (Wildman–Crippen LogP) is 3.39. The minimum Gasteiger partial charge on any atom is -0.352 e. The third-order valence-corrected chi connectivity index (χ3v) is 4.81. The molecule has 0 fully saturated rings.